The number of aryl methyl sites for hydroxylation is 1. The Morgan fingerprint density at radius 1 is 1.26 bits per heavy atom. The smallest absolute Gasteiger partial charge is 0.229 e. The number of fused-ring (bicyclic) bond motifs is 1. The van der Waals surface area contributed by atoms with Crippen molar-refractivity contribution in [3.05, 3.63) is 53.9 Å². The molecule has 0 saturated carbocycles. The lowest BCUT2D eigenvalue weighted by atomic mass is 9.74. The molecular weight excluding hydrogens is 338 g/mol. The summed E-state index contributed by atoms with van der Waals surface area (Å²) in [7, 11) is 1.75. The third-order valence-electron chi connectivity index (χ3n) is 6.12. The van der Waals surface area contributed by atoms with Crippen LogP contribution in [0.4, 0.5) is 5.95 Å². The highest BCUT2D eigenvalue weighted by Crippen LogP contribution is 2.43. The lowest BCUT2D eigenvalue weighted by molar-refractivity contribution is -0.131. The average Bonchev–Trinajstić information content (AvgIpc) is 3.09. The van der Waals surface area contributed by atoms with E-state index in [1.807, 2.05) is 6.07 Å². The second-order valence-corrected chi connectivity index (χ2v) is 7.69. The van der Waals surface area contributed by atoms with Crippen molar-refractivity contribution >= 4 is 11.9 Å². The van der Waals surface area contributed by atoms with E-state index in [1.165, 1.54) is 11.1 Å². The van der Waals surface area contributed by atoms with Gasteiger partial charge in [0.15, 0.2) is 0 Å². The molecule has 1 aromatic carbocycles. The number of benzene rings is 1. The molecule has 0 bridgehead atoms. The van der Waals surface area contributed by atoms with Crippen LogP contribution >= 0.6 is 0 Å². The van der Waals surface area contributed by atoms with Gasteiger partial charge in [-0.15, -0.1) is 0 Å². The summed E-state index contributed by atoms with van der Waals surface area (Å²) in [5, 5.41) is 2.93. The zero-order chi connectivity index (χ0) is 18.9. The van der Waals surface area contributed by atoms with Crippen LogP contribution in [0.1, 0.15) is 24.0 Å². The van der Waals surface area contributed by atoms with Crippen molar-refractivity contribution < 1.29 is 4.79 Å². The zero-order valence-electron chi connectivity index (χ0n) is 16.1. The maximum Gasteiger partial charge on any atom is 0.229 e. The lowest BCUT2D eigenvalue weighted by Crippen LogP contribution is -2.58. The first-order valence-corrected chi connectivity index (χ1v) is 9.67. The van der Waals surface area contributed by atoms with Crippen molar-refractivity contribution in [2.75, 3.05) is 31.6 Å². The fourth-order valence-corrected chi connectivity index (χ4v) is 4.76. The van der Waals surface area contributed by atoms with Crippen molar-refractivity contribution in [3.63, 3.8) is 0 Å². The highest BCUT2D eigenvalue weighted by atomic mass is 16.2. The molecule has 2 saturated heterocycles. The van der Waals surface area contributed by atoms with E-state index in [2.05, 4.69) is 56.3 Å². The first-order chi connectivity index (χ1) is 13.1. The van der Waals surface area contributed by atoms with Crippen LogP contribution in [0, 0.1) is 12.3 Å². The minimum atomic E-state index is -0.408. The fraction of sp³-hybridized carbons (Fsp3) is 0.476. The van der Waals surface area contributed by atoms with Gasteiger partial charge in [0.05, 0.1) is 11.5 Å². The number of nitrogens with one attached hydrogen (secondary N) is 1. The SMILES string of the molecule is CNC(=O)[C@@]12CCCN(c3ncccn3)[C@@H]1CN(Cc1ccccc1C)C2. The second-order valence-electron chi connectivity index (χ2n) is 7.69. The number of nitrogens with zero attached hydrogens (tertiary/aromatic N) is 4. The number of piperidine rings is 1. The highest BCUT2D eigenvalue weighted by Gasteiger charge is 2.55. The Morgan fingerprint density at radius 2 is 2.04 bits per heavy atom. The van der Waals surface area contributed by atoms with Gasteiger partial charge in [-0.1, -0.05) is 24.3 Å². The maximum atomic E-state index is 13.0. The maximum absolute atomic E-state index is 13.0. The van der Waals surface area contributed by atoms with Gasteiger partial charge in [0.2, 0.25) is 11.9 Å². The second kappa shape index (κ2) is 7.27. The number of carbonyl (C=O) groups excluding carboxylic acids is 1. The molecule has 2 fully saturated rings. The monoisotopic (exact) mass is 365 g/mol. The minimum absolute atomic E-state index is 0.0950. The molecule has 0 aliphatic carbocycles. The molecule has 4 rings (SSSR count). The van der Waals surface area contributed by atoms with Crippen molar-refractivity contribution in [1.82, 2.24) is 20.2 Å². The van der Waals surface area contributed by atoms with Crippen LogP contribution < -0.4 is 10.2 Å². The summed E-state index contributed by atoms with van der Waals surface area (Å²) in [5.41, 5.74) is 2.21. The van der Waals surface area contributed by atoms with Gasteiger partial charge in [-0.05, 0) is 37.0 Å². The van der Waals surface area contributed by atoms with Crippen LogP contribution in [0.5, 0.6) is 0 Å². The molecule has 3 heterocycles. The third kappa shape index (κ3) is 3.18. The lowest BCUT2D eigenvalue weighted by Gasteiger charge is -2.44. The first-order valence-electron chi connectivity index (χ1n) is 9.67. The Kier molecular flexibility index (Phi) is 4.83. The molecule has 1 N–H and O–H groups in total. The van der Waals surface area contributed by atoms with E-state index in [9.17, 15) is 4.79 Å². The fourth-order valence-electron chi connectivity index (χ4n) is 4.76. The summed E-state index contributed by atoms with van der Waals surface area (Å²) in [6, 6.07) is 10.4. The van der Waals surface area contributed by atoms with Crippen LogP contribution in [-0.2, 0) is 11.3 Å². The van der Waals surface area contributed by atoms with Crippen molar-refractivity contribution in [3.8, 4) is 0 Å². The van der Waals surface area contributed by atoms with Gasteiger partial charge >= 0.3 is 0 Å². The summed E-state index contributed by atoms with van der Waals surface area (Å²) in [5.74, 6) is 0.869. The van der Waals surface area contributed by atoms with Gasteiger partial charge in [-0.3, -0.25) is 9.69 Å². The van der Waals surface area contributed by atoms with Crippen molar-refractivity contribution in [2.24, 2.45) is 5.41 Å². The number of hydrogen-bond acceptors (Lipinski definition) is 5. The molecular formula is C21H27N5O. The van der Waals surface area contributed by atoms with E-state index in [0.717, 1.165) is 45.0 Å². The highest BCUT2D eigenvalue weighted by molar-refractivity contribution is 5.85. The van der Waals surface area contributed by atoms with Crippen LogP contribution in [0.25, 0.3) is 0 Å². The summed E-state index contributed by atoms with van der Waals surface area (Å²) in [4.78, 5) is 26.6. The van der Waals surface area contributed by atoms with E-state index in [1.54, 1.807) is 19.4 Å². The predicted octanol–water partition coefficient (Wildman–Crippen LogP) is 2.00. The summed E-state index contributed by atoms with van der Waals surface area (Å²) >= 11 is 0. The standard InChI is InChI=1S/C21H27N5O/c1-16-7-3-4-8-17(16)13-25-14-18-21(15-25,19(27)22-2)9-5-12-26(18)20-23-10-6-11-24-20/h3-4,6-8,10-11,18H,5,9,12-15H2,1-2H3,(H,22,27)/t18-,21-/m1/s1. The summed E-state index contributed by atoms with van der Waals surface area (Å²) in [6.07, 6.45) is 5.43. The molecule has 6 nitrogen and oxygen atoms in total. The molecule has 0 spiro atoms. The normalized spacial score (nSPS) is 25.3. The number of likely N-dealkylation sites (tertiary alicyclic amines) is 1. The molecule has 0 unspecified atom stereocenters. The van der Waals surface area contributed by atoms with Crippen LogP contribution in [-0.4, -0.2) is 53.5 Å². The number of hydrogen-bond donors (Lipinski definition) is 1. The average molecular weight is 365 g/mol. The van der Waals surface area contributed by atoms with Crippen LogP contribution in [0.2, 0.25) is 0 Å². The number of rotatable bonds is 4. The number of amides is 1. The molecule has 27 heavy (non-hydrogen) atoms. The minimum Gasteiger partial charge on any atom is -0.359 e. The molecule has 2 aromatic rings. The molecule has 2 atom stereocenters. The van der Waals surface area contributed by atoms with Crippen LogP contribution in [0.3, 0.4) is 0 Å². The Morgan fingerprint density at radius 3 is 2.78 bits per heavy atom. The molecule has 1 aromatic heterocycles. The first kappa shape index (κ1) is 17.9. The van der Waals surface area contributed by atoms with Gasteiger partial charge in [-0.2, -0.15) is 0 Å². The molecule has 2 aliphatic rings. The van der Waals surface area contributed by atoms with Crippen molar-refractivity contribution in [2.45, 2.75) is 32.4 Å². The third-order valence-corrected chi connectivity index (χ3v) is 6.12. The van der Waals surface area contributed by atoms with E-state index < -0.39 is 5.41 Å². The van der Waals surface area contributed by atoms with Gasteiger partial charge < -0.3 is 10.2 Å². The Balaban J connectivity index is 1.65. The summed E-state index contributed by atoms with van der Waals surface area (Å²) in [6.45, 7) is 5.53. The Labute approximate surface area is 160 Å². The van der Waals surface area contributed by atoms with Crippen LogP contribution in [0.15, 0.2) is 42.7 Å². The van der Waals surface area contributed by atoms with Crippen molar-refractivity contribution in [1.29, 1.82) is 0 Å². The quantitative estimate of drug-likeness (QED) is 0.898. The van der Waals surface area contributed by atoms with E-state index in [0.29, 0.717) is 0 Å². The number of anilines is 1. The number of carbonyl (C=O) groups is 1. The topological polar surface area (TPSA) is 61.4 Å². The Bertz CT molecular complexity index is 811. The van der Waals surface area contributed by atoms with Gasteiger partial charge in [0, 0.05) is 45.6 Å². The molecule has 6 heteroatoms. The molecule has 2 aliphatic heterocycles. The van der Waals surface area contributed by atoms with E-state index in [4.69, 9.17) is 0 Å². The summed E-state index contributed by atoms with van der Waals surface area (Å²) < 4.78 is 0. The number of aromatic nitrogens is 2. The molecule has 0 radical (unpaired) electrons. The molecule has 1 amide bonds. The van der Waals surface area contributed by atoms with E-state index >= 15 is 0 Å². The largest absolute Gasteiger partial charge is 0.359 e. The predicted molar refractivity (Wildman–Crippen MR) is 105 cm³/mol. The van der Waals surface area contributed by atoms with E-state index in [-0.39, 0.29) is 11.9 Å². The van der Waals surface area contributed by atoms with Gasteiger partial charge in [0.1, 0.15) is 0 Å². The van der Waals surface area contributed by atoms with Gasteiger partial charge in [-0.25, -0.2) is 9.97 Å². The van der Waals surface area contributed by atoms with Gasteiger partial charge in [0.25, 0.3) is 0 Å². The zero-order valence-corrected chi connectivity index (χ0v) is 16.1. The Hall–Kier alpha value is -2.47. The molecule has 142 valence electrons.